The minimum atomic E-state index is -0.0404. The van der Waals surface area contributed by atoms with Gasteiger partial charge in [0, 0.05) is 31.2 Å². The molecule has 3 unspecified atom stereocenters. The van der Waals surface area contributed by atoms with Gasteiger partial charge in [-0.1, -0.05) is 120 Å². The number of H-pyrrole nitrogens is 1. The average Bonchev–Trinajstić information content (AvgIpc) is 3.66. The molecule has 0 saturated heterocycles. The Bertz CT molecular complexity index is 1370. The number of unbranched alkanes of at least 4 members (excludes halogenated alkanes) is 3. The van der Waals surface area contributed by atoms with E-state index in [0.717, 1.165) is 67.4 Å². The highest BCUT2D eigenvalue weighted by atomic mass is 16.1. The highest BCUT2D eigenvalue weighted by Crippen LogP contribution is 2.33. The zero-order chi connectivity index (χ0) is 35.1. The van der Waals surface area contributed by atoms with Crippen LogP contribution in [0.5, 0.6) is 0 Å². The van der Waals surface area contributed by atoms with E-state index < -0.39 is 0 Å². The second-order valence-electron chi connectivity index (χ2n) is 14.2. The Labute approximate surface area is 291 Å². The molecule has 0 spiro atoms. The lowest BCUT2D eigenvalue weighted by Gasteiger charge is -2.33. The van der Waals surface area contributed by atoms with Crippen molar-refractivity contribution in [1.29, 1.82) is 0 Å². The van der Waals surface area contributed by atoms with E-state index in [1.165, 1.54) is 51.4 Å². The SMILES string of the molecule is C=Cc1[nH]n2nc(C(C)C)nc2c1Nc1ccc(N(CC(CC)CCCC)CC(CC)CCCC)cc1C(=O)NCC(CC)CCCC. The Hall–Kier alpha value is -3.29. The smallest absolute Gasteiger partial charge is 0.253 e. The molecule has 268 valence electrons. The van der Waals surface area contributed by atoms with Crippen LogP contribution in [-0.4, -0.2) is 45.4 Å². The van der Waals surface area contributed by atoms with Crippen molar-refractivity contribution in [3.05, 3.63) is 41.9 Å². The topological polar surface area (TPSA) is 90.4 Å². The fraction of sp³-hybridized carbons (Fsp3) is 0.675. The van der Waals surface area contributed by atoms with Crippen LogP contribution in [0.4, 0.5) is 17.1 Å². The quantitative estimate of drug-likeness (QED) is 0.0889. The number of anilines is 3. The van der Waals surface area contributed by atoms with Gasteiger partial charge >= 0.3 is 0 Å². The van der Waals surface area contributed by atoms with E-state index in [1.807, 2.05) is 0 Å². The monoisotopic (exact) mass is 662 g/mol. The van der Waals surface area contributed by atoms with Crippen LogP contribution in [0.25, 0.3) is 11.7 Å². The zero-order valence-corrected chi connectivity index (χ0v) is 31.6. The van der Waals surface area contributed by atoms with Crippen molar-refractivity contribution >= 4 is 34.7 Å². The van der Waals surface area contributed by atoms with Crippen LogP contribution < -0.4 is 15.5 Å². The molecule has 0 aliphatic carbocycles. The molecule has 3 N–H and O–H groups in total. The maximum Gasteiger partial charge on any atom is 0.253 e. The van der Waals surface area contributed by atoms with Crippen molar-refractivity contribution in [2.75, 3.05) is 29.9 Å². The molecule has 0 aliphatic rings. The van der Waals surface area contributed by atoms with Crippen LogP contribution in [0.15, 0.2) is 24.8 Å². The first kappa shape index (κ1) is 39.2. The number of aromatic amines is 1. The number of nitrogens with one attached hydrogen (secondary N) is 3. The van der Waals surface area contributed by atoms with Crippen molar-refractivity contribution in [2.24, 2.45) is 17.8 Å². The lowest BCUT2D eigenvalue weighted by atomic mass is 9.95. The second-order valence-corrected chi connectivity index (χ2v) is 14.2. The number of hydrogen-bond acceptors (Lipinski definition) is 5. The summed E-state index contributed by atoms with van der Waals surface area (Å²) in [6, 6.07) is 6.42. The molecule has 8 heteroatoms. The van der Waals surface area contributed by atoms with E-state index in [9.17, 15) is 4.79 Å². The largest absolute Gasteiger partial charge is 0.371 e. The van der Waals surface area contributed by atoms with E-state index in [2.05, 4.69) is 106 Å². The maximum absolute atomic E-state index is 14.2. The van der Waals surface area contributed by atoms with Gasteiger partial charge in [-0.05, 0) is 61.3 Å². The third-order valence-corrected chi connectivity index (χ3v) is 10.1. The minimum absolute atomic E-state index is 0.0404. The molecule has 0 saturated carbocycles. The number of fused-ring (bicyclic) bond motifs is 1. The molecule has 8 nitrogen and oxygen atoms in total. The van der Waals surface area contributed by atoms with Gasteiger partial charge in [0.15, 0.2) is 11.5 Å². The summed E-state index contributed by atoms with van der Waals surface area (Å²) in [6.45, 7) is 24.6. The molecule has 1 amide bonds. The summed E-state index contributed by atoms with van der Waals surface area (Å²) < 4.78 is 1.70. The predicted octanol–water partition coefficient (Wildman–Crippen LogP) is 10.8. The molecule has 1 aromatic carbocycles. The third-order valence-electron chi connectivity index (χ3n) is 10.1. The Kier molecular flexibility index (Phi) is 16.5. The van der Waals surface area contributed by atoms with Crippen LogP contribution >= 0.6 is 0 Å². The first-order valence-electron chi connectivity index (χ1n) is 19.3. The predicted molar refractivity (Wildman–Crippen MR) is 206 cm³/mol. The van der Waals surface area contributed by atoms with Gasteiger partial charge in [0.05, 0.1) is 16.9 Å². The van der Waals surface area contributed by atoms with Gasteiger partial charge < -0.3 is 15.5 Å². The molecule has 48 heavy (non-hydrogen) atoms. The molecule has 0 fully saturated rings. The summed E-state index contributed by atoms with van der Waals surface area (Å²) in [4.78, 5) is 21.6. The van der Waals surface area contributed by atoms with Crippen molar-refractivity contribution in [1.82, 2.24) is 25.1 Å². The van der Waals surface area contributed by atoms with Gasteiger partial charge in [0.2, 0.25) is 0 Å². The van der Waals surface area contributed by atoms with Gasteiger partial charge in [-0.15, -0.1) is 5.10 Å². The van der Waals surface area contributed by atoms with Crippen molar-refractivity contribution in [3.63, 3.8) is 0 Å². The molecular formula is C40H67N7O. The van der Waals surface area contributed by atoms with Crippen molar-refractivity contribution in [3.8, 4) is 0 Å². The lowest BCUT2D eigenvalue weighted by molar-refractivity contribution is 0.0946. The molecular weight excluding hydrogens is 594 g/mol. The number of amides is 1. The van der Waals surface area contributed by atoms with Crippen LogP contribution in [0, 0.1) is 17.8 Å². The third kappa shape index (κ3) is 10.9. The summed E-state index contributed by atoms with van der Waals surface area (Å²) in [5.74, 6) is 2.64. The van der Waals surface area contributed by atoms with Crippen LogP contribution in [0.2, 0.25) is 0 Å². The Balaban J connectivity index is 2.08. The number of aromatic nitrogens is 4. The minimum Gasteiger partial charge on any atom is -0.371 e. The van der Waals surface area contributed by atoms with Crippen LogP contribution in [0.3, 0.4) is 0 Å². The Morgan fingerprint density at radius 2 is 1.50 bits per heavy atom. The van der Waals surface area contributed by atoms with Gasteiger partial charge in [0.25, 0.3) is 5.91 Å². The van der Waals surface area contributed by atoms with Crippen LogP contribution in [-0.2, 0) is 0 Å². The first-order chi connectivity index (χ1) is 23.2. The summed E-state index contributed by atoms with van der Waals surface area (Å²) in [6.07, 6.45) is 16.1. The second kappa shape index (κ2) is 20.3. The zero-order valence-electron chi connectivity index (χ0n) is 31.6. The van der Waals surface area contributed by atoms with E-state index >= 15 is 0 Å². The summed E-state index contributed by atoms with van der Waals surface area (Å²) >= 11 is 0. The molecule has 2 heterocycles. The van der Waals surface area contributed by atoms with E-state index in [1.54, 1.807) is 10.7 Å². The lowest BCUT2D eigenvalue weighted by Crippen LogP contribution is -2.35. The summed E-state index contributed by atoms with van der Waals surface area (Å²) in [7, 11) is 0. The molecule has 3 aromatic rings. The highest BCUT2D eigenvalue weighted by molar-refractivity contribution is 6.02. The fourth-order valence-electron chi connectivity index (χ4n) is 6.55. The molecule has 0 bridgehead atoms. The maximum atomic E-state index is 14.2. The molecule has 3 rings (SSSR count). The fourth-order valence-corrected chi connectivity index (χ4v) is 6.55. The Morgan fingerprint density at radius 3 is 2.02 bits per heavy atom. The number of carbonyl (C=O) groups excluding carboxylic acids is 1. The van der Waals surface area contributed by atoms with Gasteiger partial charge in [-0.25, -0.2) is 4.98 Å². The Morgan fingerprint density at radius 1 is 0.917 bits per heavy atom. The van der Waals surface area contributed by atoms with Crippen LogP contribution in [0.1, 0.15) is 160 Å². The molecule has 2 aromatic heterocycles. The van der Waals surface area contributed by atoms with Gasteiger partial charge in [-0.2, -0.15) is 4.63 Å². The van der Waals surface area contributed by atoms with E-state index in [0.29, 0.717) is 35.5 Å². The van der Waals surface area contributed by atoms with Gasteiger partial charge in [-0.3, -0.25) is 9.89 Å². The first-order valence-corrected chi connectivity index (χ1v) is 19.3. The average molecular weight is 662 g/mol. The molecule has 3 atom stereocenters. The van der Waals surface area contributed by atoms with E-state index in [-0.39, 0.29) is 11.8 Å². The standard InChI is InChI=1S/C40H67N7O/c1-10-17-20-30(13-4)26-41-40(48)34-25-33(46(27-31(14-5)21-18-11-2)28-32(15-6)22-19-12-3)23-24-36(34)42-37-35(16-7)44-47-39(37)43-38(45-47)29(8)9/h16,23-25,29-32,42,44H,7,10-15,17-22,26-28H2,1-6,8-9H3,(H,41,48). The number of carbonyl (C=O) groups is 1. The van der Waals surface area contributed by atoms with Crippen molar-refractivity contribution in [2.45, 2.75) is 138 Å². The van der Waals surface area contributed by atoms with Gasteiger partial charge in [0.1, 0.15) is 5.69 Å². The number of hydrogen-bond donors (Lipinski definition) is 3. The highest BCUT2D eigenvalue weighted by Gasteiger charge is 2.23. The number of rotatable bonds is 24. The van der Waals surface area contributed by atoms with Crippen molar-refractivity contribution < 1.29 is 4.79 Å². The number of nitrogens with zero attached hydrogens (tertiary/aromatic N) is 4. The van der Waals surface area contributed by atoms with E-state index in [4.69, 9.17) is 4.98 Å². The summed E-state index contributed by atoms with van der Waals surface area (Å²) in [5.41, 5.74) is 4.79. The molecule has 0 radical (unpaired) electrons. The summed E-state index contributed by atoms with van der Waals surface area (Å²) in [5, 5.41) is 14.9. The normalized spacial score (nSPS) is 13.5. The number of benzene rings is 1. The molecule has 0 aliphatic heterocycles.